The molecule has 0 unspecified atom stereocenters. The highest BCUT2D eigenvalue weighted by Crippen LogP contribution is 1.81. The number of hydrogen-bond donors (Lipinski definition) is 2. The van der Waals surface area contributed by atoms with E-state index in [2.05, 4.69) is 10.0 Å². The van der Waals surface area contributed by atoms with Gasteiger partial charge in [-0.3, -0.25) is 4.79 Å². The highest BCUT2D eigenvalue weighted by atomic mass is 32.2. The zero-order chi connectivity index (χ0) is 8.91. The number of carbonyl (C=O) groups excluding carboxylic acids is 1. The molecule has 0 heterocycles. The van der Waals surface area contributed by atoms with Gasteiger partial charge in [-0.2, -0.15) is 0 Å². The van der Waals surface area contributed by atoms with Gasteiger partial charge in [-0.15, -0.1) is 0 Å². The molecule has 0 atom stereocenters. The smallest absolute Gasteiger partial charge is 0.236 e. The summed E-state index contributed by atoms with van der Waals surface area (Å²) in [4.78, 5) is 10.6. The Bertz CT molecular complexity index is 222. The SMILES string of the molecule is CCNS(=O)(=O)CC(=O)NC. The fraction of sp³-hybridized carbons (Fsp3) is 0.800. The van der Waals surface area contributed by atoms with Crippen LogP contribution >= 0.6 is 0 Å². The minimum atomic E-state index is -3.41. The molecule has 0 aromatic rings. The zero-order valence-electron chi connectivity index (χ0n) is 6.55. The van der Waals surface area contributed by atoms with E-state index in [1.165, 1.54) is 7.05 Å². The van der Waals surface area contributed by atoms with Crippen molar-refractivity contribution in [3.8, 4) is 0 Å². The van der Waals surface area contributed by atoms with Crippen LogP contribution in [0.1, 0.15) is 6.92 Å². The third-order valence-electron chi connectivity index (χ3n) is 0.964. The third-order valence-corrected chi connectivity index (χ3v) is 2.33. The van der Waals surface area contributed by atoms with Crippen LogP contribution in [0.15, 0.2) is 0 Å². The molecule has 0 rings (SSSR count). The molecule has 0 saturated heterocycles. The van der Waals surface area contributed by atoms with Crippen molar-refractivity contribution < 1.29 is 13.2 Å². The van der Waals surface area contributed by atoms with Crippen molar-refractivity contribution in [2.45, 2.75) is 6.92 Å². The molecule has 1 amide bonds. The number of hydrogen-bond acceptors (Lipinski definition) is 3. The average Bonchev–Trinajstić information content (AvgIpc) is 1.86. The first-order valence-corrected chi connectivity index (χ1v) is 4.85. The van der Waals surface area contributed by atoms with E-state index in [4.69, 9.17) is 0 Å². The maximum absolute atomic E-state index is 10.8. The summed E-state index contributed by atoms with van der Waals surface area (Å²) in [6.45, 7) is 1.96. The van der Waals surface area contributed by atoms with Crippen LogP contribution in [0.2, 0.25) is 0 Å². The van der Waals surface area contributed by atoms with Crippen LogP contribution in [0, 0.1) is 0 Å². The zero-order valence-corrected chi connectivity index (χ0v) is 7.36. The molecule has 5 nitrogen and oxygen atoms in total. The largest absolute Gasteiger partial charge is 0.358 e. The molecule has 2 N–H and O–H groups in total. The molecule has 0 fully saturated rings. The number of nitrogens with one attached hydrogen (secondary N) is 2. The van der Waals surface area contributed by atoms with E-state index in [1.54, 1.807) is 6.92 Å². The normalized spacial score (nSPS) is 11.1. The molecule has 0 aliphatic carbocycles. The topological polar surface area (TPSA) is 75.3 Å². The molecule has 0 spiro atoms. The van der Waals surface area contributed by atoms with Crippen molar-refractivity contribution in [2.75, 3.05) is 19.3 Å². The average molecular weight is 180 g/mol. The van der Waals surface area contributed by atoms with Crippen molar-refractivity contribution in [3.05, 3.63) is 0 Å². The van der Waals surface area contributed by atoms with Crippen LogP contribution in [0.4, 0.5) is 0 Å². The first kappa shape index (κ1) is 10.4. The van der Waals surface area contributed by atoms with E-state index < -0.39 is 21.7 Å². The molecule has 0 radical (unpaired) electrons. The first-order chi connectivity index (χ1) is 5.02. The molecule has 0 aromatic carbocycles. The lowest BCUT2D eigenvalue weighted by molar-refractivity contribution is -0.118. The molecule has 0 saturated carbocycles. The maximum atomic E-state index is 10.8. The molecule has 0 aromatic heterocycles. The van der Waals surface area contributed by atoms with Gasteiger partial charge in [-0.25, -0.2) is 13.1 Å². The van der Waals surface area contributed by atoms with Gasteiger partial charge in [0.1, 0.15) is 5.75 Å². The minimum Gasteiger partial charge on any atom is -0.358 e. The van der Waals surface area contributed by atoms with Gasteiger partial charge in [0.25, 0.3) is 0 Å². The predicted octanol–water partition coefficient (Wildman–Crippen LogP) is -1.33. The summed E-state index contributed by atoms with van der Waals surface area (Å²) in [7, 11) is -2.01. The Labute approximate surface area is 66.2 Å². The van der Waals surface area contributed by atoms with Gasteiger partial charge in [-0.05, 0) is 0 Å². The summed E-state index contributed by atoms with van der Waals surface area (Å²) in [6, 6.07) is 0. The predicted molar refractivity (Wildman–Crippen MR) is 41.5 cm³/mol. The van der Waals surface area contributed by atoms with Gasteiger partial charge in [0.05, 0.1) is 0 Å². The molecule has 0 bridgehead atoms. The lowest BCUT2D eigenvalue weighted by atomic mass is 10.7. The maximum Gasteiger partial charge on any atom is 0.236 e. The van der Waals surface area contributed by atoms with E-state index in [1.807, 2.05) is 0 Å². The number of sulfonamides is 1. The summed E-state index contributed by atoms with van der Waals surface area (Å²) in [5, 5.41) is 2.22. The van der Waals surface area contributed by atoms with Crippen LogP contribution in [0.5, 0.6) is 0 Å². The fourth-order valence-electron chi connectivity index (χ4n) is 0.516. The summed E-state index contributed by atoms with van der Waals surface area (Å²) in [6.07, 6.45) is 0. The molecular weight excluding hydrogens is 168 g/mol. The highest BCUT2D eigenvalue weighted by molar-refractivity contribution is 7.90. The molecule has 11 heavy (non-hydrogen) atoms. The van der Waals surface area contributed by atoms with E-state index >= 15 is 0 Å². The van der Waals surface area contributed by atoms with Gasteiger partial charge < -0.3 is 5.32 Å². The second kappa shape index (κ2) is 4.30. The molecule has 66 valence electrons. The lowest BCUT2D eigenvalue weighted by Crippen LogP contribution is -2.34. The van der Waals surface area contributed by atoms with Gasteiger partial charge in [0, 0.05) is 13.6 Å². The van der Waals surface area contributed by atoms with E-state index in [0.29, 0.717) is 6.54 Å². The lowest BCUT2D eigenvalue weighted by Gasteiger charge is -2.01. The third kappa shape index (κ3) is 4.74. The summed E-state index contributed by atoms with van der Waals surface area (Å²) in [5.74, 6) is -1.01. The highest BCUT2D eigenvalue weighted by Gasteiger charge is 2.12. The Kier molecular flexibility index (Phi) is 4.06. The number of rotatable bonds is 4. The molecule has 6 heteroatoms. The minimum absolute atomic E-state index is 0.305. The number of carbonyl (C=O) groups is 1. The van der Waals surface area contributed by atoms with E-state index in [0.717, 1.165) is 0 Å². The second-order valence-electron chi connectivity index (χ2n) is 1.93. The van der Waals surface area contributed by atoms with Crippen LogP contribution in [0.25, 0.3) is 0 Å². The van der Waals surface area contributed by atoms with Crippen LogP contribution < -0.4 is 10.0 Å². The Morgan fingerprint density at radius 2 is 2.00 bits per heavy atom. The first-order valence-electron chi connectivity index (χ1n) is 3.19. The Balaban J connectivity index is 4.03. The fourth-order valence-corrected chi connectivity index (χ4v) is 1.55. The van der Waals surface area contributed by atoms with Crippen LogP contribution in [-0.2, 0) is 14.8 Å². The molecule has 0 aliphatic rings. The Morgan fingerprint density at radius 3 is 2.36 bits per heavy atom. The number of amides is 1. The van der Waals surface area contributed by atoms with Crippen LogP contribution in [0.3, 0.4) is 0 Å². The summed E-state index contributed by atoms with van der Waals surface area (Å²) >= 11 is 0. The van der Waals surface area contributed by atoms with Crippen molar-refractivity contribution in [1.29, 1.82) is 0 Å². The summed E-state index contributed by atoms with van der Waals surface area (Å²) in [5.41, 5.74) is 0. The Morgan fingerprint density at radius 1 is 1.45 bits per heavy atom. The monoisotopic (exact) mass is 180 g/mol. The Hall–Kier alpha value is -0.620. The van der Waals surface area contributed by atoms with Gasteiger partial charge in [0.15, 0.2) is 0 Å². The van der Waals surface area contributed by atoms with Gasteiger partial charge in [0.2, 0.25) is 15.9 Å². The van der Waals surface area contributed by atoms with Crippen LogP contribution in [-0.4, -0.2) is 33.7 Å². The molecule has 0 aliphatic heterocycles. The van der Waals surface area contributed by atoms with Crippen molar-refractivity contribution >= 4 is 15.9 Å². The van der Waals surface area contributed by atoms with Crippen molar-refractivity contribution in [1.82, 2.24) is 10.0 Å². The van der Waals surface area contributed by atoms with Crippen molar-refractivity contribution in [2.24, 2.45) is 0 Å². The van der Waals surface area contributed by atoms with Gasteiger partial charge in [-0.1, -0.05) is 6.92 Å². The van der Waals surface area contributed by atoms with Gasteiger partial charge >= 0.3 is 0 Å². The second-order valence-corrected chi connectivity index (χ2v) is 3.74. The van der Waals surface area contributed by atoms with Crippen molar-refractivity contribution in [3.63, 3.8) is 0 Å². The van der Waals surface area contributed by atoms with E-state index in [9.17, 15) is 13.2 Å². The van der Waals surface area contributed by atoms with E-state index in [-0.39, 0.29) is 0 Å². The quantitative estimate of drug-likeness (QED) is 0.563. The summed E-state index contributed by atoms with van der Waals surface area (Å²) < 4.78 is 23.9. The standard InChI is InChI=1S/C5H12N2O3S/c1-3-7-11(9,10)4-5(8)6-2/h7H,3-4H2,1-2H3,(H,6,8). The molecular formula is C5H12N2O3S.